The van der Waals surface area contributed by atoms with E-state index in [1.54, 1.807) is 24.3 Å². The summed E-state index contributed by atoms with van der Waals surface area (Å²) in [5.74, 6) is -0.212. The minimum Gasteiger partial charge on any atom is -0.490 e. The molecule has 2 N–H and O–H groups in total. The number of dihydropyridines is 1. The molecule has 0 aromatic heterocycles. The van der Waals surface area contributed by atoms with Gasteiger partial charge in [-0.2, -0.15) is 0 Å². The van der Waals surface area contributed by atoms with E-state index in [0.29, 0.717) is 46.6 Å². The molecule has 0 radical (unpaired) electrons. The lowest BCUT2D eigenvalue weighted by Crippen LogP contribution is -2.36. The Morgan fingerprint density at radius 2 is 1.59 bits per heavy atom. The summed E-state index contributed by atoms with van der Waals surface area (Å²) >= 11 is 3.64. The number of nitrogens with one attached hydrogen (secondary N) is 1. The van der Waals surface area contributed by atoms with Gasteiger partial charge in [0, 0.05) is 41.3 Å². The van der Waals surface area contributed by atoms with E-state index in [1.165, 1.54) is 0 Å². The van der Waals surface area contributed by atoms with Gasteiger partial charge in [-0.25, -0.2) is 4.79 Å². The monoisotopic (exact) mass is 565 g/mol. The van der Waals surface area contributed by atoms with Gasteiger partial charge in [-0.05, 0) is 83.9 Å². The van der Waals surface area contributed by atoms with E-state index >= 15 is 0 Å². The van der Waals surface area contributed by atoms with Crippen LogP contribution < -0.4 is 14.8 Å². The quantitative estimate of drug-likeness (QED) is 0.435. The lowest BCUT2D eigenvalue weighted by Gasteiger charge is -2.37. The minimum absolute atomic E-state index is 0.0860. The first kappa shape index (κ1) is 25.3. The van der Waals surface area contributed by atoms with Crippen molar-refractivity contribution in [2.45, 2.75) is 58.0 Å². The Morgan fingerprint density at radius 1 is 0.973 bits per heavy atom. The van der Waals surface area contributed by atoms with Crippen LogP contribution in [0.4, 0.5) is 0 Å². The van der Waals surface area contributed by atoms with Gasteiger partial charge in [0.2, 0.25) is 0 Å². The largest absolute Gasteiger partial charge is 0.490 e. The number of allylic oxidation sites excluding steroid dienone is 4. The van der Waals surface area contributed by atoms with Crippen molar-refractivity contribution < 1.29 is 29.0 Å². The molecule has 8 heteroatoms. The zero-order valence-electron chi connectivity index (χ0n) is 20.6. The van der Waals surface area contributed by atoms with Gasteiger partial charge in [-0.15, -0.1) is 0 Å². The molecule has 0 unspecified atom stereocenters. The molecule has 0 spiro atoms. The van der Waals surface area contributed by atoms with Gasteiger partial charge in [0.25, 0.3) is 0 Å². The zero-order chi connectivity index (χ0) is 26.1. The molecule has 0 saturated heterocycles. The Kier molecular flexibility index (Phi) is 7.20. The third-order valence-corrected chi connectivity index (χ3v) is 7.63. The molecule has 0 bridgehead atoms. The molecule has 1 heterocycles. The highest BCUT2D eigenvalue weighted by Gasteiger charge is 2.40. The Morgan fingerprint density at radius 3 is 2.16 bits per heavy atom. The Bertz CT molecular complexity index is 1300. The maximum atomic E-state index is 13.1. The first-order chi connectivity index (χ1) is 17.9. The molecular weight excluding hydrogens is 538 g/mol. The van der Waals surface area contributed by atoms with E-state index in [2.05, 4.69) is 21.2 Å². The number of ketones is 2. The number of hydrogen-bond acceptors (Lipinski definition) is 6. The highest BCUT2D eigenvalue weighted by molar-refractivity contribution is 9.10. The summed E-state index contributed by atoms with van der Waals surface area (Å²) < 4.78 is 12.7. The number of benzene rings is 2. The number of carboxylic acid groups (broad SMARTS) is 1. The maximum Gasteiger partial charge on any atom is 0.335 e. The number of rotatable bonds is 7. The van der Waals surface area contributed by atoms with Crippen LogP contribution in [0.25, 0.3) is 0 Å². The third-order valence-electron chi connectivity index (χ3n) is 7.04. The second kappa shape index (κ2) is 10.5. The van der Waals surface area contributed by atoms with Crippen molar-refractivity contribution in [3.63, 3.8) is 0 Å². The van der Waals surface area contributed by atoms with Gasteiger partial charge >= 0.3 is 5.97 Å². The van der Waals surface area contributed by atoms with Gasteiger partial charge in [0.1, 0.15) is 6.61 Å². The molecule has 1 aliphatic heterocycles. The average Bonchev–Trinajstić information content (AvgIpc) is 2.87. The molecule has 0 saturated carbocycles. The highest BCUT2D eigenvalue weighted by Crippen LogP contribution is 2.48. The summed E-state index contributed by atoms with van der Waals surface area (Å²) in [5.41, 5.74) is 5.11. The van der Waals surface area contributed by atoms with E-state index in [-0.39, 0.29) is 23.7 Å². The number of halogens is 1. The second-order valence-electron chi connectivity index (χ2n) is 9.45. The Labute approximate surface area is 223 Å². The first-order valence-corrected chi connectivity index (χ1v) is 13.4. The summed E-state index contributed by atoms with van der Waals surface area (Å²) in [6, 6.07) is 10.3. The summed E-state index contributed by atoms with van der Waals surface area (Å²) in [6.45, 7) is 2.51. The van der Waals surface area contributed by atoms with Crippen molar-refractivity contribution in [1.29, 1.82) is 0 Å². The second-order valence-corrected chi connectivity index (χ2v) is 10.3. The highest BCUT2D eigenvalue weighted by atomic mass is 79.9. The number of Topliss-reactive ketones (excluding diaryl/α,β-unsaturated/α-hetero) is 2. The normalized spacial score (nSPS) is 17.8. The molecule has 5 rings (SSSR count). The van der Waals surface area contributed by atoms with Crippen molar-refractivity contribution in [3.8, 4) is 11.5 Å². The molecule has 0 amide bonds. The summed E-state index contributed by atoms with van der Waals surface area (Å²) in [7, 11) is 0. The van der Waals surface area contributed by atoms with Crippen molar-refractivity contribution in [3.05, 3.63) is 80.1 Å². The smallest absolute Gasteiger partial charge is 0.335 e. The van der Waals surface area contributed by atoms with Crippen molar-refractivity contribution >= 4 is 33.5 Å². The molecule has 2 aromatic carbocycles. The fraction of sp³-hybridized carbons (Fsp3) is 0.345. The van der Waals surface area contributed by atoms with Crippen LogP contribution in [0.3, 0.4) is 0 Å². The molecule has 192 valence electrons. The fourth-order valence-corrected chi connectivity index (χ4v) is 5.95. The van der Waals surface area contributed by atoms with Crippen LogP contribution in [0.15, 0.2) is 63.4 Å². The average molecular weight is 566 g/mol. The van der Waals surface area contributed by atoms with Crippen LogP contribution in [0.1, 0.15) is 72.9 Å². The number of ether oxygens (including phenoxy) is 2. The summed E-state index contributed by atoms with van der Waals surface area (Å²) in [4.78, 5) is 37.4. The van der Waals surface area contributed by atoms with E-state index in [4.69, 9.17) is 14.6 Å². The molecule has 37 heavy (non-hydrogen) atoms. The van der Waals surface area contributed by atoms with Crippen LogP contribution in [-0.2, 0) is 16.2 Å². The standard InChI is InChI=1S/C29H28BrNO6/c1-2-36-24-14-18(13-19(30)28(24)37-15-16-9-11-17(12-10-16)29(34)35)25-26-20(5-3-7-22(26)32)31-21-6-4-8-23(33)27(21)25/h9-14,25,31H,2-8,15H2,1H3,(H,34,35). The van der Waals surface area contributed by atoms with Crippen LogP contribution in [0.2, 0.25) is 0 Å². The number of hydrogen-bond donors (Lipinski definition) is 2. The van der Waals surface area contributed by atoms with Crippen molar-refractivity contribution in [1.82, 2.24) is 5.32 Å². The predicted molar refractivity (Wildman–Crippen MR) is 141 cm³/mol. The summed E-state index contributed by atoms with van der Waals surface area (Å²) in [6.07, 6.45) is 4.17. The Hall–Kier alpha value is -3.39. The first-order valence-electron chi connectivity index (χ1n) is 12.6. The molecule has 3 aliphatic rings. The topological polar surface area (TPSA) is 102 Å². The minimum atomic E-state index is -0.980. The number of carbonyl (C=O) groups is 3. The predicted octanol–water partition coefficient (Wildman–Crippen LogP) is 5.83. The molecule has 2 aliphatic carbocycles. The van der Waals surface area contributed by atoms with Gasteiger partial charge in [0.05, 0.1) is 16.6 Å². The lowest BCUT2D eigenvalue weighted by molar-refractivity contribution is -0.117. The van der Waals surface area contributed by atoms with Gasteiger partial charge in [0.15, 0.2) is 23.1 Å². The van der Waals surface area contributed by atoms with Crippen LogP contribution in [0, 0.1) is 0 Å². The molecule has 7 nitrogen and oxygen atoms in total. The van der Waals surface area contributed by atoms with Crippen molar-refractivity contribution in [2.75, 3.05) is 6.61 Å². The number of carboxylic acids is 1. The SMILES string of the molecule is CCOc1cc(C2C3=C(CCCC3=O)NC3=C2C(=O)CCC3)cc(Br)c1OCc1ccc(C(=O)O)cc1. The zero-order valence-corrected chi connectivity index (χ0v) is 22.2. The maximum absolute atomic E-state index is 13.1. The lowest BCUT2D eigenvalue weighted by atomic mass is 9.71. The summed E-state index contributed by atoms with van der Waals surface area (Å²) in [5, 5.41) is 12.6. The van der Waals surface area contributed by atoms with Gasteiger partial charge in [-0.3, -0.25) is 9.59 Å². The number of aromatic carboxylic acids is 1. The van der Waals surface area contributed by atoms with Crippen LogP contribution in [0.5, 0.6) is 11.5 Å². The van der Waals surface area contributed by atoms with E-state index in [1.807, 2.05) is 19.1 Å². The van der Waals surface area contributed by atoms with Gasteiger partial charge in [-0.1, -0.05) is 12.1 Å². The fourth-order valence-electron chi connectivity index (χ4n) is 5.37. The van der Waals surface area contributed by atoms with Crippen molar-refractivity contribution in [2.24, 2.45) is 0 Å². The van der Waals surface area contributed by atoms with E-state index < -0.39 is 11.9 Å². The molecule has 0 fully saturated rings. The van der Waals surface area contributed by atoms with E-state index in [9.17, 15) is 14.4 Å². The van der Waals surface area contributed by atoms with Gasteiger partial charge < -0.3 is 19.9 Å². The van der Waals surface area contributed by atoms with E-state index in [0.717, 1.165) is 48.2 Å². The number of carbonyl (C=O) groups excluding carboxylic acids is 2. The van der Waals surface area contributed by atoms with Crippen LogP contribution in [-0.4, -0.2) is 29.2 Å². The van der Waals surface area contributed by atoms with Crippen LogP contribution >= 0.6 is 15.9 Å². The third kappa shape index (κ3) is 4.94. The Balaban J connectivity index is 1.52. The molecular formula is C29H28BrNO6. The molecule has 2 aromatic rings. The molecule has 0 atom stereocenters.